The Morgan fingerprint density at radius 2 is 0.109 bits per heavy atom. The van der Waals surface area contributed by atoms with Crippen LogP contribution in [-0.4, -0.2) is 714 Å². The van der Waals surface area contributed by atoms with Crippen molar-refractivity contribution in [3.05, 3.63) is 0 Å². The molecule has 0 aromatic carbocycles. The van der Waals surface area contributed by atoms with Gasteiger partial charge in [-0.25, -0.2) is 0 Å². The Morgan fingerprint density at radius 3 is 0.109 bits per heavy atom. The third-order valence-electron chi connectivity index (χ3n) is 0. The van der Waals surface area contributed by atoms with E-state index in [0.717, 1.165) is 0 Å². The molecule has 0 aliphatic rings. The van der Waals surface area contributed by atoms with Crippen LogP contribution in [0.15, 0.2) is 0 Å². The number of hydrogen-bond donors (Lipinski definition) is 0. The Labute approximate surface area is 1320 Å². The van der Waals surface area contributed by atoms with Gasteiger partial charge in [0.2, 0.25) is 0 Å². The first-order valence-corrected chi connectivity index (χ1v) is 39.3. The maximum absolute atomic E-state index is 8.58. The van der Waals surface area contributed by atoms with Gasteiger partial charge in [-0.05, 0) is 0 Å². The second kappa shape index (κ2) is 571. The van der Waals surface area contributed by atoms with Gasteiger partial charge in [-0.3, -0.25) is 0 Å². The van der Waals surface area contributed by atoms with Crippen molar-refractivity contribution >= 4 is 714 Å². The van der Waals surface area contributed by atoms with Crippen molar-refractivity contribution in [2.75, 3.05) is 0 Å². The molecule has 0 aliphatic heterocycles. The maximum Gasteiger partial charge on any atom is 4.00 e. The van der Waals surface area contributed by atoms with Crippen LogP contribution in [0.3, 0.4) is 0 Å². The summed E-state index contributed by atoms with van der Waals surface area (Å²) in [5, 5.41) is 0. The van der Waals surface area contributed by atoms with Crippen LogP contribution in [0.5, 0.6) is 0 Å². The van der Waals surface area contributed by atoms with Gasteiger partial charge >= 0.3 is 993 Å². The molecule has 0 spiro atoms. The van der Waals surface area contributed by atoms with Gasteiger partial charge in [-0.15, -0.1) is 0 Å². The zero-order valence-electron chi connectivity index (χ0n) is 58.1. The Balaban J connectivity index is -0.00000000320. The topological polar surface area (TPSA) is 1910 Å². The van der Waals surface area contributed by atoms with Crippen molar-refractivity contribution in [1.82, 2.24) is 0 Å². The van der Waals surface area contributed by atoms with E-state index in [4.69, 9.17) is 223 Å². The first-order chi connectivity index (χ1) is 31.2. The first kappa shape index (κ1) is 582. The smallest absolute Gasteiger partial charge is 2.00 e. The molecule has 0 N–H and O–H groups in total. The van der Waals surface area contributed by atoms with Gasteiger partial charge < -0.3 is 274 Å². The molecule has 0 rings (SSSR count). The quantitative estimate of drug-likeness (QED) is 0.203. The summed E-state index contributed by atoms with van der Waals surface area (Å²) in [6, 6.07) is 0. The van der Waals surface area contributed by atoms with E-state index in [2.05, 4.69) is 0 Å². The summed E-state index contributed by atoms with van der Waals surface area (Å²) in [4.78, 5) is 153. The monoisotopic (exact) mass is 6180 g/mol. The minimum absolute atomic E-state index is 0. The van der Waals surface area contributed by atoms with Crippen molar-refractivity contribution in [3.63, 3.8) is 0 Å². The van der Waals surface area contributed by atoms with Crippen LogP contribution < -0.4 is 153 Å². The first-order valence-electron chi connectivity index (χ1n) is 11.0. The molecule has 129 heteroatoms. The van der Waals surface area contributed by atoms with Crippen LogP contribution >= 0.6 is 0 Å². The van der Waals surface area contributed by atoms with Gasteiger partial charge in [-0.2, -0.15) is 0 Å². The molecule has 0 heterocycles. The summed E-state index contributed by atoms with van der Waals surface area (Å²) < 4.78 is 308. The third-order valence-corrected chi connectivity index (χ3v) is 0. The average Bonchev–Trinajstić information content (AvgIpc) is 2.91. The standard InChI is InChI=1S/9O3Si.54O.10Pb.15Sn.9Ti.5Zn/c9*1-4(2)3;;;;;;;;;;;;;;;;;;;;;;;;;;;;;;;;;;;;;;;;;;;;;;;;;;;;;;;;;;;;;;;;;;;;;;;;;;;;;;;;;;;;;;;;;;;;;/q9*-2;;;;;;;;;;27*-2;18*-1;10*+2;15*+4;;;;;;;;;;5*+2. The molecule has 0 bridgehead atoms. The van der Waals surface area contributed by atoms with Crippen molar-refractivity contribution in [1.29, 1.82) is 0 Å². The molecule has 0 aliphatic carbocycles. The van der Waals surface area contributed by atoms with Gasteiger partial charge in [0, 0.05) is 82.5 Å². The zero-order chi connectivity index (χ0) is 64.4. The third kappa shape index (κ3) is 6050. The maximum atomic E-state index is 8.58. The molecule has 0 saturated heterocycles. The molecular formula is O81Pb10Si9Sn15Ti9Zn5. The second-order valence-electron chi connectivity index (χ2n) is 4.50. The predicted molar refractivity (Wildman–Crippen MR) is 227 cm³/mol. The van der Waals surface area contributed by atoms with Crippen LogP contribution in [0.4, 0.5) is 0 Å². The van der Waals surface area contributed by atoms with Crippen molar-refractivity contribution in [2.45, 2.75) is 0 Å². The van der Waals surface area contributed by atoms with Crippen LogP contribution in [0, 0.1) is 0 Å². The molecule has 0 atom stereocenters. The summed E-state index contributed by atoms with van der Waals surface area (Å²) in [6.45, 7) is 0. The minimum atomic E-state index is -4.08. The van der Waals surface area contributed by atoms with Crippen LogP contribution in [0.1, 0.15) is 0 Å². The van der Waals surface area contributed by atoms with Gasteiger partial charge in [0.05, 0.1) is 0 Å². The van der Waals surface area contributed by atoms with E-state index in [1.807, 2.05) is 0 Å². The van der Waals surface area contributed by atoms with E-state index in [0.29, 0.717) is 0 Å². The summed E-state index contributed by atoms with van der Waals surface area (Å²) in [5.74, 6) is 0. The van der Waals surface area contributed by atoms with Gasteiger partial charge in [0.1, 0.15) is 0 Å². The minimum Gasteiger partial charge on any atom is 2.00 e. The molecule has 0 aromatic heterocycles. The van der Waals surface area contributed by atoms with Crippen molar-refractivity contribution in [2.24, 2.45) is 0 Å². The Kier molecular flexibility index (Phi) is 2570. The normalized spacial score (nSPS) is 3.49. The van der Waals surface area contributed by atoms with E-state index in [-0.39, 0.29) is 877 Å². The molecular weight excluding hydrogens is 6160 g/mol. The van der Waals surface area contributed by atoms with E-state index in [9.17, 15) is 0 Å². The fourth-order valence-corrected chi connectivity index (χ4v) is 0. The Hall–Kier alpha value is 23.7. The Bertz CT molecular complexity index is 1100. The zero-order valence-corrected chi connectivity index (χ0v) is 178. The van der Waals surface area contributed by atoms with Gasteiger partial charge in [0.15, 0.2) is 0 Å². The number of rotatable bonds is 0. The van der Waals surface area contributed by atoms with Crippen LogP contribution in [-0.2, 0) is 483 Å². The summed E-state index contributed by atoms with van der Waals surface area (Å²) in [6.07, 6.45) is 0. The summed E-state index contributed by atoms with van der Waals surface area (Å²) >= 11 is -36.8. The van der Waals surface area contributed by atoms with E-state index in [1.54, 1.807) is 0 Å². The predicted octanol–water partition coefficient (Wildman–Crippen LogP) is -61.1. The molecule has 0 aromatic rings. The molecule has 0 saturated carbocycles. The fraction of sp³-hybridized carbons (Fsp3) is 0. The van der Waals surface area contributed by atoms with Crippen molar-refractivity contribution in [3.8, 4) is 0 Å². The van der Waals surface area contributed by atoms with Crippen LogP contribution in [0.25, 0.3) is 0 Å². The molecule has 81 nitrogen and oxygen atoms in total. The summed E-state index contributed by atoms with van der Waals surface area (Å²) in [5.41, 5.74) is 0. The van der Waals surface area contributed by atoms with Gasteiger partial charge in [-0.1, -0.05) is 0 Å². The van der Waals surface area contributed by atoms with E-state index in [1.165, 1.54) is 0 Å². The van der Waals surface area contributed by atoms with E-state index >= 15 is 0 Å². The SMILES string of the molecule is O=[Si]([O-])[O-].O=[Si]([O-])[O-].O=[Si]([O-])[O-].O=[Si]([O-])[O-].O=[Si]([O-])[O-].O=[Si]([O-])[O-].O=[Si]([O-])[O-].O=[Si]([O-])[O-].O=[Si]([O-])[O-].[O-2].[O-2].[O-2].[O-2].[O-2].[O-2].[O-2].[O-2].[O-2].[O-2].[O-2].[O-2].[O-2].[O-2].[O-2].[O-2].[O-2].[O-2].[O-2].[O-2].[O-2].[O-2].[O-2].[O-2].[O-2].[O-2].[O-2].[O]=[Ti]([O-])[O-].[O]=[Ti]([O-])[O-].[O]=[Ti]([O-])[O-].[O]=[Ti]([O-])[O-].[O]=[Ti]([O-])[O-].[O]=[Ti]([O-])[O-].[O]=[Ti]([O-])[O-].[O]=[Ti]([O-])[O-].[O]=[Ti]([O-])[O-].[Pb+2].[Pb+2].[Pb+2].[Pb+2].[Pb+2].[Pb+2].[Pb+2].[Pb+2].[Pb+2].[Pb+2].[Sn+4].[Sn+4].[Sn+4].[Sn+4].[Sn+4].[Sn+4].[Sn+4].[Sn+4].[Sn+4].[Sn+4].[Sn+4].[Sn+4].[Sn+4].[Sn+4].[Sn+4].[Zn+2].[Zn+2].[Zn+2].[Zn+2].[Zn+2]. The molecule has 0 fully saturated rings. The molecule has 20 radical (unpaired) electrons. The average molecular weight is 6160 g/mol. The molecule has 0 amide bonds. The number of hydrogen-bond acceptors (Lipinski definition) is 54. The van der Waals surface area contributed by atoms with E-state index < -0.39 is 250 Å². The second-order valence-corrected chi connectivity index (χ2v) is 16.0. The van der Waals surface area contributed by atoms with Gasteiger partial charge in [0.25, 0.3) is 0 Å². The van der Waals surface area contributed by atoms with Crippen LogP contribution in [0.2, 0.25) is 0 Å². The molecule has 0 unspecified atom stereocenters. The molecule has 129 heavy (non-hydrogen) atoms. The van der Waals surface area contributed by atoms with Crippen molar-refractivity contribution < 1.29 is 636 Å². The molecule has 668 valence electrons. The Morgan fingerprint density at radius 1 is 0.109 bits per heavy atom. The summed E-state index contributed by atoms with van der Waals surface area (Å²) in [7, 11) is -32.7. The fourth-order valence-electron chi connectivity index (χ4n) is 0. The largest absolute Gasteiger partial charge is 4.00 e.